The van der Waals surface area contributed by atoms with Gasteiger partial charge < -0.3 is 19.5 Å². The lowest BCUT2D eigenvalue weighted by Gasteiger charge is -2.43. The van der Waals surface area contributed by atoms with Gasteiger partial charge in [0.2, 0.25) is 5.91 Å². The van der Waals surface area contributed by atoms with Gasteiger partial charge in [-0.25, -0.2) is 0 Å². The van der Waals surface area contributed by atoms with Crippen molar-refractivity contribution in [2.45, 2.75) is 73.4 Å². The van der Waals surface area contributed by atoms with Crippen LogP contribution in [0, 0.1) is 23.7 Å². The number of hydrogen-bond acceptors (Lipinski definition) is 3. The van der Waals surface area contributed by atoms with E-state index in [9.17, 15) is 9.59 Å². The maximum absolute atomic E-state index is 13.8. The molecule has 1 heterocycles. The summed E-state index contributed by atoms with van der Waals surface area (Å²) < 4.78 is 7.61. The van der Waals surface area contributed by atoms with E-state index in [1.54, 1.807) is 7.11 Å². The van der Waals surface area contributed by atoms with Gasteiger partial charge in [0.15, 0.2) is 0 Å². The predicted octanol–water partition coefficient (Wildman–Crippen LogP) is 4.77. The number of hydrogen-bond donors (Lipinski definition) is 1. The van der Waals surface area contributed by atoms with Crippen LogP contribution in [0.4, 0.5) is 0 Å². The third kappa shape index (κ3) is 3.62. The second kappa shape index (κ2) is 8.37. The largest absolute Gasteiger partial charge is 0.495 e. The van der Waals surface area contributed by atoms with Crippen molar-refractivity contribution in [2.24, 2.45) is 16.7 Å². The molecule has 2 aliphatic carbocycles. The summed E-state index contributed by atoms with van der Waals surface area (Å²) in [6.45, 7) is 14.4. The molecule has 2 bridgehead atoms. The average molecular weight is 454 g/mol. The van der Waals surface area contributed by atoms with Crippen molar-refractivity contribution in [3.05, 3.63) is 29.5 Å². The molecule has 0 aliphatic heterocycles. The smallest absolute Gasteiger partial charge is 0.253 e. The van der Waals surface area contributed by atoms with Crippen molar-refractivity contribution in [2.75, 3.05) is 20.2 Å². The molecule has 3 atom stereocenters. The summed E-state index contributed by atoms with van der Waals surface area (Å²) in [5.74, 6) is 1.32. The molecular formula is C27H39N3O3. The third-order valence-corrected chi connectivity index (χ3v) is 8.71. The number of rotatable bonds is 7. The van der Waals surface area contributed by atoms with Crippen LogP contribution >= 0.6 is 0 Å². The minimum Gasteiger partial charge on any atom is -0.495 e. The number of benzene rings is 1. The molecule has 6 nitrogen and oxygen atoms in total. The van der Waals surface area contributed by atoms with Crippen molar-refractivity contribution in [1.29, 1.82) is 0 Å². The van der Waals surface area contributed by atoms with E-state index in [4.69, 9.17) is 4.74 Å². The Morgan fingerprint density at radius 1 is 1.21 bits per heavy atom. The maximum Gasteiger partial charge on any atom is 0.253 e. The minimum atomic E-state index is -0.0494. The van der Waals surface area contributed by atoms with Gasteiger partial charge in [0.25, 0.3) is 5.91 Å². The minimum absolute atomic E-state index is 0.0413. The number of aromatic nitrogens is 1. The molecule has 2 fully saturated rings. The standard InChI is InChI=1S/C27H39N3O3/c1-8-29(9-2)21(31)16-30-17(3)22(19-11-10-12-20(33-7)23(19)30)24(32)28-25-26(4,5)18-13-14-27(25,6)15-18/h10-12,18,25H,8-9,13-16H2,1-7H3,(H,28,32)/t18-,25?,27?/m0/s1. The Bertz CT molecular complexity index is 1080. The summed E-state index contributed by atoms with van der Waals surface area (Å²) in [7, 11) is 1.63. The van der Waals surface area contributed by atoms with Gasteiger partial charge in [0.05, 0.1) is 18.2 Å². The van der Waals surface area contributed by atoms with E-state index in [2.05, 4.69) is 26.1 Å². The van der Waals surface area contributed by atoms with Crippen molar-refractivity contribution < 1.29 is 14.3 Å². The second-order valence-corrected chi connectivity index (χ2v) is 10.8. The van der Waals surface area contributed by atoms with E-state index in [-0.39, 0.29) is 35.2 Å². The van der Waals surface area contributed by atoms with E-state index < -0.39 is 0 Å². The molecule has 2 amide bonds. The number of nitrogens with one attached hydrogen (secondary N) is 1. The molecule has 0 radical (unpaired) electrons. The number of nitrogens with zero attached hydrogens (tertiary/aromatic N) is 2. The molecule has 0 saturated heterocycles. The summed E-state index contributed by atoms with van der Waals surface area (Å²) >= 11 is 0. The first-order chi connectivity index (χ1) is 15.6. The predicted molar refractivity (Wildman–Crippen MR) is 132 cm³/mol. The van der Waals surface area contributed by atoms with Gasteiger partial charge in [-0.2, -0.15) is 0 Å². The summed E-state index contributed by atoms with van der Waals surface area (Å²) in [5.41, 5.74) is 2.48. The van der Waals surface area contributed by atoms with E-state index in [1.807, 2.05) is 48.4 Å². The number of carbonyl (C=O) groups excluding carboxylic acids is 2. The number of ether oxygens (including phenoxy) is 1. The van der Waals surface area contributed by atoms with Crippen LogP contribution < -0.4 is 10.1 Å². The Morgan fingerprint density at radius 2 is 1.91 bits per heavy atom. The van der Waals surface area contributed by atoms with Crippen LogP contribution in [0.3, 0.4) is 0 Å². The topological polar surface area (TPSA) is 63.6 Å². The van der Waals surface area contributed by atoms with Gasteiger partial charge in [0, 0.05) is 30.2 Å². The van der Waals surface area contributed by atoms with Crippen molar-refractivity contribution in [3.8, 4) is 5.75 Å². The molecule has 0 spiro atoms. The number of fused-ring (bicyclic) bond motifs is 3. The molecule has 1 aromatic heterocycles. The Balaban J connectivity index is 1.76. The SMILES string of the molecule is CCN(CC)C(=O)Cn1c(C)c(C(=O)NC2C3(C)CC[C@@H](C3)C2(C)C)c2cccc(OC)c21. The molecule has 2 aromatic rings. The molecule has 180 valence electrons. The van der Waals surface area contributed by atoms with E-state index in [0.29, 0.717) is 30.3 Å². The summed E-state index contributed by atoms with van der Waals surface area (Å²) in [6.07, 6.45) is 3.59. The summed E-state index contributed by atoms with van der Waals surface area (Å²) in [6, 6.07) is 5.90. The first-order valence-corrected chi connectivity index (χ1v) is 12.3. The fraction of sp³-hybridized carbons (Fsp3) is 0.630. The monoisotopic (exact) mass is 453 g/mol. The van der Waals surface area contributed by atoms with Gasteiger partial charge >= 0.3 is 0 Å². The van der Waals surface area contributed by atoms with Gasteiger partial charge in [-0.1, -0.05) is 32.9 Å². The van der Waals surface area contributed by atoms with Crippen molar-refractivity contribution in [3.63, 3.8) is 0 Å². The Hall–Kier alpha value is -2.50. The molecular weight excluding hydrogens is 414 g/mol. The fourth-order valence-electron chi connectivity index (χ4n) is 6.83. The number of carbonyl (C=O) groups is 2. The highest BCUT2D eigenvalue weighted by Gasteiger charge is 2.59. The van der Waals surface area contributed by atoms with Crippen LogP contribution in [-0.4, -0.2) is 47.5 Å². The number of para-hydroxylation sites is 1. The van der Waals surface area contributed by atoms with Gasteiger partial charge in [0.1, 0.15) is 12.3 Å². The Kier molecular flexibility index (Phi) is 6.00. The van der Waals surface area contributed by atoms with Crippen molar-refractivity contribution >= 4 is 22.7 Å². The average Bonchev–Trinajstić information content (AvgIpc) is 3.36. The first-order valence-electron chi connectivity index (χ1n) is 12.3. The molecule has 2 aliphatic rings. The molecule has 2 unspecified atom stereocenters. The highest BCUT2D eigenvalue weighted by Crippen LogP contribution is 2.62. The van der Waals surface area contributed by atoms with E-state index in [1.165, 1.54) is 19.3 Å². The zero-order chi connectivity index (χ0) is 24.1. The molecule has 1 N–H and O–H groups in total. The molecule has 2 saturated carbocycles. The van der Waals surface area contributed by atoms with Gasteiger partial charge in [-0.15, -0.1) is 0 Å². The summed E-state index contributed by atoms with van der Waals surface area (Å²) in [5, 5.41) is 4.29. The Morgan fingerprint density at radius 3 is 2.48 bits per heavy atom. The fourth-order valence-corrected chi connectivity index (χ4v) is 6.83. The number of methoxy groups -OCH3 is 1. The van der Waals surface area contributed by atoms with Crippen LogP contribution in [0.25, 0.3) is 10.9 Å². The van der Waals surface area contributed by atoms with Crippen LogP contribution in [0.2, 0.25) is 0 Å². The van der Waals surface area contributed by atoms with Gasteiger partial charge in [-0.3, -0.25) is 9.59 Å². The quantitative estimate of drug-likeness (QED) is 0.657. The maximum atomic E-state index is 13.8. The molecule has 1 aromatic carbocycles. The van der Waals surface area contributed by atoms with Crippen LogP contribution in [0.1, 0.15) is 69.9 Å². The first kappa shape index (κ1) is 23.7. The van der Waals surface area contributed by atoms with Crippen LogP contribution in [0.5, 0.6) is 5.75 Å². The third-order valence-electron chi connectivity index (χ3n) is 8.71. The molecule has 6 heteroatoms. The van der Waals surface area contributed by atoms with Gasteiger partial charge in [-0.05, 0) is 62.8 Å². The number of likely N-dealkylation sites (N-methyl/N-ethyl adjacent to an activating group) is 1. The van der Waals surface area contributed by atoms with Crippen LogP contribution in [-0.2, 0) is 11.3 Å². The number of amides is 2. The normalized spacial score (nSPS) is 25.4. The second-order valence-electron chi connectivity index (χ2n) is 10.8. The highest BCUT2D eigenvalue weighted by atomic mass is 16.5. The van der Waals surface area contributed by atoms with Crippen LogP contribution in [0.15, 0.2) is 18.2 Å². The summed E-state index contributed by atoms with van der Waals surface area (Å²) in [4.78, 5) is 28.7. The van der Waals surface area contributed by atoms with E-state index in [0.717, 1.165) is 16.6 Å². The lowest BCUT2D eigenvalue weighted by Crippen LogP contribution is -2.52. The lowest BCUT2D eigenvalue weighted by molar-refractivity contribution is -0.131. The zero-order valence-corrected chi connectivity index (χ0v) is 21.2. The molecule has 4 rings (SSSR count). The Labute approximate surface area is 197 Å². The highest BCUT2D eigenvalue weighted by molar-refractivity contribution is 6.10. The zero-order valence-electron chi connectivity index (χ0n) is 21.2. The van der Waals surface area contributed by atoms with Crippen molar-refractivity contribution in [1.82, 2.24) is 14.8 Å². The lowest BCUT2D eigenvalue weighted by atomic mass is 9.68. The van der Waals surface area contributed by atoms with E-state index >= 15 is 0 Å². The molecule has 33 heavy (non-hydrogen) atoms.